The van der Waals surface area contributed by atoms with Gasteiger partial charge >= 0.3 is 0 Å². The summed E-state index contributed by atoms with van der Waals surface area (Å²) in [4.78, 5) is 6.70. The molecule has 134 valence electrons. The Morgan fingerprint density at radius 2 is 2.00 bits per heavy atom. The first-order valence-electron chi connectivity index (χ1n) is 8.75. The predicted octanol–water partition coefficient (Wildman–Crippen LogP) is 2.57. The maximum absolute atomic E-state index is 5.73. The van der Waals surface area contributed by atoms with Crippen molar-refractivity contribution in [1.82, 2.24) is 10.2 Å². The molecule has 0 amide bonds. The molecular formula is C18H30N4O2. The van der Waals surface area contributed by atoms with Gasteiger partial charge < -0.3 is 20.1 Å². The lowest BCUT2D eigenvalue weighted by Crippen LogP contribution is -2.40. The van der Waals surface area contributed by atoms with E-state index in [4.69, 9.17) is 9.47 Å². The van der Waals surface area contributed by atoms with Crippen LogP contribution in [0.15, 0.2) is 23.2 Å². The Morgan fingerprint density at radius 3 is 2.67 bits per heavy atom. The lowest BCUT2D eigenvalue weighted by molar-refractivity contribution is 0.237. The van der Waals surface area contributed by atoms with E-state index in [0.717, 1.165) is 49.2 Å². The van der Waals surface area contributed by atoms with Gasteiger partial charge in [0.1, 0.15) is 0 Å². The van der Waals surface area contributed by atoms with Crippen LogP contribution in [-0.2, 0) is 0 Å². The van der Waals surface area contributed by atoms with Crippen molar-refractivity contribution >= 4 is 11.6 Å². The Morgan fingerprint density at radius 1 is 1.25 bits per heavy atom. The zero-order valence-electron chi connectivity index (χ0n) is 15.3. The average Bonchev–Trinajstić information content (AvgIpc) is 2.82. The lowest BCUT2D eigenvalue weighted by Gasteiger charge is -2.25. The third kappa shape index (κ3) is 5.30. The lowest BCUT2D eigenvalue weighted by atomic mass is 10.2. The zero-order valence-corrected chi connectivity index (χ0v) is 15.3. The average molecular weight is 334 g/mol. The third-order valence-electron chi connectivity index (χ3n) is 4.06. The van der Waals surface area contributed by atoms with Gasteiger partial charge in [0, 0.05) is 44.4 Å². The maximum atomic E-state index is 5.73. The van der Waals surface area contributed by atoms with Gasteiger partial charge in [-0.3, -0.25) is 9.89 Å². The summed E-state index contributed by atoms with van der Waals surface area (Å²) in [7, 11) is 1.78. The summed E-state index contributed by atoms with van der Waals surface area (Å²) in [6.45, 7) is 10.9. The number of hydrogen-bond acceptors (Lipinski definition) is 4. The molecule has 0 atom stereocenters. The molecule has 0 saturated heterocycles. The second-order valence-electron chi connectivity index (χ2n) is 6.06. The molecule has 1 aliphatic rings. The third-order valence-corrected chi connectivity index (χ3v) is 4.06. The molecule has 0 radical (unpaired) electrons. The molecule has 1 aromatic carbocycles. The number of anilines is 1. The first-order valence-corrected chi connectivity index (χ1v) is 8.75. The van der Waals surface area contributed by atoms with Crippen LogP contribution >= 0.6 is 0 Å². The molecule has 2 N–H and O–H groups in total. The number of guanidine groups is 1. The van der Waals surface area contributed by atoms with Crippen molar-refractivity contribution in [1.29, 1.82) is 0 Å². The van der Waals surface area contributed by atoms with E-state index in [1.54, 1.807) is 7.05 Å². The van der Waals surface area contributed by atoms with Crippen LogP contribution in [0.4, 0.5) is 5.69 Å². The molecule has 0 aliphatic carbocycles. The predicted molar refractivity (Wildman–Crippen MR) is 99.4 cm³/mol. The van der Waals surface area contributed by atoms with Gasteiger partial charge in [-0.1, -0.05) is 6.92 Å². The fourth-order valence-electron chi connectivity index (χ4n) is 2.66. The number of rotatable bonds is 6. The number of benzene rings is 1. The van der Waals surface area contributed by atoms with Crippen LogP contribution in [0, 0.1) is 0 Å². The van der Waals surface area contributed by atoms with Gasteiger partial charge in [0.05, 0.1) is 13.2 Å². The fraction of sp³-hybridized carbons (Fsp3) is 0.611. The number of likely N-dealkylation sites (N-methyl/N-ethyl adjacent to an activating group) is 1. The minimum absolute atomic E-state index is 0.550. The number of ether oxygens (including phenoxy) is 2. The van der Waals surface area contributed by atoms with E-state index in [0.29, 0.717) is 19.3 Å². The highest BCUT2D eigenvalue weighted by atomic mass is 16.5. The van der Waals surface area contributed by atoms with Crippen LogP contribution < -0.4 is 20.1 Å². The Balaban J connectivity index is 1.90. The van der Waals surface area contributed by atoms with Crippen LogP contribution in [0.3, 0.4) is 0 Å². The van der Waals surface area contributed by atoms with Gasteiger partial charge in [-0.15, -0.1) is 0 Å². The normalized spacial score (nSPS) is 14.7. The molecule has 6 heteroatoms. The summed E-state index contributed by atoms with van der Waals surface area (Å²) in [5.74, 6) is 2.34. The highest BCUT2D eigenvalue weighted by Gasteiger charge is 2.11. The number of fused-ring (bicyclic) bond motifs is 1. The molecule has 2 rings (SSSR count). The van der Waals surface area contributed by atoms with Crippen molar-refractivity contribution in [3.8, 4) is 11.5 Å². The molecule has 0 spiro atoms. The van der Waals surface area contributed by atoms with E-state index in [1.807, 2.05) is 18.2 Å². The van der Waals surface area contributed by atoms with Crippen molar-refractivity contribution in [3.63, 3.8) is 0 Å². The van der Waals surface area contributed by atoms with Crippen molar-refractivity contribution < 1.29 is 9.47 Å². The standard InChI is InChI=1S/C18H30N4O2/c1-5-22(14(2)3)10-9-20-18(19-4)21-15-7-8-16-17(13-15)24-12-6-11-23-16/h7-8,13-14H,5-6,9-12H2,1-4H3,(H2,19,20,21). The highest BCUT2D eigenvalue weighted by molar-refractivity contribution is 5.93. The van der Waals surface area contributed by atoms with Gasteiger partial charge in [0.15, 0.2) is 17.5 Å². The highest BCUT2D eigenvalue weighted by Crippen LogP contribution is 2.32. The molecule has 1 aromatic rings. The van der Waals surface area contributed by atoms with Crippen LogP contribution in [0.1, 0.15) is 27.2 Å². The number of hydrogen-bond donors (Lipinski definition) is 2. The number of nitrogens with zero attached hydrogens (tertiary/aromatic N) is 2. The topological polar surface area (TPSA) is 58.1 Å². The van der Waals surface area contributed by atoms with Crippen LogP contribution in [0.2, 0.25) is 0 Å². The largest absolute Gasteiger partial charge is 0.490 e. The Kier molecular flexibility index (Phi) is 7.18. The van der Waals surface area contributed by atoms with Crippen LogP contribution in [-0.4, -0.2) is 56.8 Å². The molecule has 0 aromatic heterocycles. The van der Waals surface area contributed by atoms with Crippen molar-refractivity contribution in [3.05, 3.63) is 18.2 Å². The monoisotopic (exact) mass is 334 g/mol. The quantitative estimate of drug-likeness (QED) is 0.618. The van der Waals surface area contributed by atoms with E-state index >= 15 is 0 Å². The molecular weight excluding hydrogens is 304 g/mol. The first kappa shape index (κ1) is 18.4. The van der Waals surface area contributed by atoms with Gasteiger partial charge in [-0.05, 0) is 32.5 Å². The van der Waals surface area contributed by atoms with Gasteiger partial charge in [-0.25, -0.2) is 0 Å². The molecule has 0 saturated carbocycles. The second-order valence-corrected chi connectivity index (χ2v) is 6.06. The summed E-state index contributed by atoms with van der Waals surface area (Å²) in [6.07, 6.45) is 0.907. The Labute approximate surface area is 145 Å². The molecule has 0 fully saturated rings. The molecule has 0 unspecified atom stereocenters. The molecule has 24 heavy (non-hydrogen) atoms. The molecule has 6 nitrogen and oxygen atoms in total. The summed E-state index contributed by atoms with van der Waals surface area (Å²) < 4.78 is 11.4. The van der Waals surface area contributed by atoms with E-state index in [2.05, 4.69) is 41.3 Å². The zero-order chi connectivity index (χ0) is 17.4. The van der Waals surface area contributed by atoms with Crippen LogP contribution in [0.25, 0.3) is 0 Å². The first-order chi connectivity index (χ1) is 11.6. The summed E-state index contributed by atoms with van der Waals surface area (Å²) in [6, 6.07) is 6.43. The SMILES string of the molecule is CCN(CCNC(=NC)Nc1ccc2c(c1)OCCCO2)C(C)C. The smallest absolute Gasteiger partial charge is 0.195 e. The van der Waals surface area contributed by atoms with Gasteiger partial charge in [0.2, 0.25) is 0 Å². The molecule has 0 bridgehead atoms. The summed E-state index contributed by atoms with van der Waals surface area (Å²) >= 11 is 0. The van der Waals surface area contributed by atoms with E-state index in [-0.39, 0.29) is 0 Å². The number of nitrogens with one attached hydrogen (secondary N) is 2. The minimum atomic E-state index is 0.550. The summed E-state index contributed by atoms with van der Waals surface area (Å²) in [5.41, 5.74) is 0.934. The fourth-order valence-corrected chi connectivity index (χ4v) is 2.66. The van der Waals surface area contributed by atoms with E-state index in [1.165, 1.54) is 0 Å². The van der Waals surface area contributed by atoms with Crippen molar-refractivity contribution in [2.45, 2.75) is 33.2 Å². The van der Waals surface area contributed by atoms with Crippen molar-refractivity contribution in [2.24, 2.45) is 4.99 Å². The van der Waals surface area contributed by atoms with Crippen LogP contribution in [0.5, 0.6) is 11.5 Å². The number of aliphatic imine (C=N–C) groups is 1. The van der Waals surface area contributed by atoms with E-state index < -0.39 is 0 Å². The minimum Gasteiger partial charge on any atom is -0.490 e. The van der Waals surface area contributed by atoms with Crippen molar-refractivity contribution in [2.75, 3.05) is 45.2 Å². The second kappa shape index (κ2) is 9.37. The maximum Gasteiger partial charge on any atom is 0.195 e. The summed E-state index contributed by atoms with van der Waals surface area (Å²) in [5, 5.41) is 6.66. The Hall–Kier alpha value is -1.95. The van der Waals surface area contributed by atoms with Gasteiger partial charge in [-0.2, -0.15) is 0 Å². The molecule has 1 aliphatic heterocycles. The Bertz CT molecular complexity index is 546. The van der Waals surface area contributed by atoms with Gasteiger partial charge in [0.25, 0.3) is 0 Å². The van der Waals surface area contributed by atoms with E-state index in [9.17, 15) is 0 Å². The molecule has 1 heterocycles.